The van der Waals surface area contributed by atoms with E-state index >= 15 is 0 Å². The van der Waals surface area contributed by atoms with Gasteiger partial charge in [0.1, 0.15) is 0 Å². The third kappa shape index (κ3) is 4.21. The van der Waals surface area contributed by atoms with Gasteiger partial charge in [0.25, 0.3) is 0 Å². The Morgan fingerprint density at radius 1 is 1.25 bits per heavy atom. The Kier molecular flexibility index (Phi) is 5.01. The lowest BCUT2D eigenvalue weighted by Crippen LogP contribution is -2.35. The van der Waals surface area contributed by atoms with Gasteiger partial charge >= 0.3 is 0 Å². The molecule has 1 atom stereocenters. The normalized spacial score (nSPS) is 20.1. The van der Waals surface area contributed by atoms with E-state index in [0.717, 1.165) is 5.56 Å². The van der Waals surface area contributed by atoms with Crippen LogP contribution in [0.5, 0.6) is 0 Å². The van der Waals surface area contributed by atoms with E-state index in [1.165, 1.54) is 0 Å². The molecule has 2 aromatic rings. The van der Waals surface area contributed by atoms with E-state index < -0.39 is 9.84 Å². The van der Waals surface area contributed by atoms with Gasteiger partial charge in [0.05, 0.1) is 18.1 Å². The van der Waals surface area contributed by atoms with Crippen molar-refractivity contribution in [3.8, 4) is 0 Å². The molecule has 0 saturated carbocycles. The summed E-state index contributed by atoms with van der Waals surface area (Å²) in [7, 11) is -2.94. The Balaban J connectivity index is 1.78. The summed E-state index contributed by atoms with van der Waals surface area (Å²) >= 11 is 0. The predicted octanol–water partition coefficient (Wildman–Crippen LogP) is 2.38. The van der Waals surface area contributed by atoms with Gasteiger partial charge in [-0.3, -0.25) is 4.90 Å². The maximum Gasteiger partial charge on any atom is 0.240 e. The number of benzene rings is 1. The molecule has 130 valence electrons. The van der Waals surface area contributed by atoms with E-state index in [0.29, 0.717) is 31.2 Å². The standard InChI is InChI=1S/C17H23N3O3S/c1-13(2)17-18-16(23-19-17)11-20(10-14-6-4-3-5-7-14)15-8-9-24(21,22)12-15/h3-7,13,15H,8-12H2,1-2H3/t15-/m1/s1. The zero-order chi connectivity index (χ0) is 17.2. The highest BCUT2D eigenvalue weighted by Crippen LogP contribution is 2.22. The van der Waals surface area contributed by atoms with Gasteiger partial charge in [0.2, 0.25) is 5.89 Å². The van der Waals surface area contributed by atoms with Crippen molar-refractivity contribution >= 4 is 9.84 Å². The number of hydrogen-bond donors (Lipinski definition) is 0. The molecule has 1 aromatic carbocycles. The van der Waals surface area contributed by atoms with Crippen molar-refractivity contribution < 1.29 is 12.9 Å². The molecule has 7 heteroatoms. The fraction of sp³-hybridized carbons (Fsp3) is 0.529. The summed E-state index contributed by atoms with van der Waals surface area (Å²) < 4.78 is 29.1. The van der Waals surface area contributed by atoms with Crippen LogP contribution in [0.3, 0.4) is 0 Å². The molecule has 1 aliphatic heterocycles. The van der Waals surface area contributed by atoms with Crippen LogP contribution < -0.4 is 0 Å². The lowest BCUT2D eigenvalue weighted by atomic mass is 10.1. The second-order valence-corrected chi connectivity index (χ2v) is 8.88. The molecule has 0 bridgehead atoms. The molecule has 1 aliphatic rings. The van der Waals surface area contributed by atoms with Crippen molar-refractivity contribution in [1.82, 2.24) is 15.0 Å². The van der Waals surface area contributed by atoms with Gasteiger partial charge in [-0.05, 0) is 12.0 Å². The molecule has 3 rings (SSSR count). The molecule has 2 heterocycles. The number of sulfone groups is 1. The largest absolute Gasteiger partial charge is 0.338 e. The zero-order valence-corrected chi connectivity index (χ0v) is 14.9. The minimum atomic E-state index is -2.94. The second-order valence-electron chi connectivity index (χ2n) is 6.65. The first-order chi connectivity index (χ1) is 11.4. The van der Waals surface area contributed by atoms with E-state index in [4.69, 9.17) is 4.52 Å². The van der Waals surface area contributed by atoms with Gasteiger partial charge < -0.3 is 4.52 Å². The van der Waals surface area contributed by atoms with E-state index in [1.54, 1.807) is 0 Å². The second kappa shape index (κ2) is 7.03. The van der Waals surface area contributed by atoms with E-state index in [9.17, 15) is 8.42 Å². The summed E-state index contributed by atoms with van der Waals surface area (Å²) in [6, 6.07) is 10.0. The molecule has 0 radical (unpaired) electrons. The molecule has 24 heavy (non-hydrogen) atoms. The Hall–Kier alpha value is -1.73. The Morgan fingerprint density at radius 3 is 2.58 bits per heavy atom. The van der Waals surface area contributed by atoms with Crippen LogP contribution in [0.1, 0.15) is 43.5 Å². The Labute approximate surface area is 142 Å². The van der Waals surface area contributed by atoms with E-state index in [-0.39, 0.29) is 23.5 Å². The zero-order valence-electron chi connectivity index (χ0n) is 14.1. The van der Waals surface area contributed by atoms with E-state index in [2.05, 4.69) is 15.0 Å². The van der Waals surface area contributed by atoms with Crippen molar-refractivity contribution in [1.29, 1.82) is 0 Å². The van der Waals surface area contributed by atoms with Gasteiger partial charge in [-0.15, -0.1) is 0 Å². The fourth-order valence-corrected chi connectivity index (χ4v) is 4.70. The van der Waals surface area contributed by atoms with Crippen LogP contribution in [0.2, 0.25) is 0 Å². The third-order valence-corrected chi connectivity index (χ3v) is 6.04. The van der Waals surface area contributed by atoms with Gasteiger partial charge in [-0.25, -0.2) is 8.42 Å². The number of rotatable bonds is 6. The van der Waals surface area contributed by atoms with Gasteiger partial charge in [0, 0.05) is 18.5 Å². The van der Waals surface area contributed by atoms with Gasteiger partial charge in [-0.1, -0.05) is 49.3 Å². The average molecular weight is 349 g/mol. The topological polar surface area (TPSA) is 76.3 Å². The molecule has 1 fully saturated rings. The average Bonchev–Trinajstić information content (AvgIpc) is 3.14. The van der Waals surface area contributed by atoms with Crippen LogP contribution in [0.4, 0.5) is 0 Å². The highest BCUT2D eigenvalue weighted by atomic mass is 32.2. The lowest BCUT2D eigenvalue weighted by molar-refractivity contribution is 0.169. The van der Waals surface area contributed by atoms with Crippen molar-refractivity contribution in [2.75, 3.05) is 11.5 Å². The maximum absolute atomic E-state index is 11.9. The van der Waals surface area contributed by atoms with Crippen LogP contribution in [0.15, 0.2) is 34.9 Å². The van der Waals surface area contributed by atoms with Gasteiger partial charge in [0.15, 0.2) is 15.7 Å². The highest BCUT2D eigenvalue weighted by Gasteiger charge is 2.33. The predicted molar refractivity (Wildman–Crippen MR) is 91.1 cm³/mol. The number of aromatic nitrogens is 2. The highest BCUT2D eigenvalue weighted by molar-refractivity contribution is 7.91. The summed E-state index contributed by atoms with van der Waals surface area (Å²) in [6.45, 7) is 5.16. The number of hydrogen-bond acceptors (Lipinski definition) is 6. The molecule has 1 aromatic heterocycles. The molecule has 6 nitrogen and oxygen atoms in total. The number of nitrogens with zero attached hydrogens (tertiary/aromatic N) is 3. The maximum atomic E-state index is 11.9. The summed E-state index contributed by atoms with van der Waals surface area (Å²) in [5, 5.41) is 4.00. The Bertz CT molecular complexity index is 771. The van der Waals surface area contributed by atoms with Crippen LogP contribution in [0.25, 0.3) is 0 Å². The van der Waals surface area contributed by atoms with Crippen LogP contribution in [0, 0.1) is 0 Å². The van der Waals surface area contributed by atoms with Gasteiger partial charge in [-0.2, -0.15) is 4.98 Å². The minimum Gasteiger partial charge on any atom is -0.338 e. The van der Waals surface area contributed by atoms with Crippen LogP contribution in [-0.4, -0.2) is 41.0 Å². The van der Waals surface area contributed by atoms with Crippen LogP contribution >= 0.6 is 0 Å². The molecular formula is C17H23N3O3S. The first-order valence-electron chi connectivity index (χ1n) is 8.24. The Morgan fingerprint density at radius 2 is 2.00 bits per heavy atom. The third-order valence-electron chi connectivity index (χ3n) is 4.29. The summed E-state index contributed by atoms with van der Waals surface area (Å²) in [6.07, 6.45) is 0.653. The van der Waals surface area contributed by atoms with Crippen molar-refractivity contribution in [3.05, 3.63) is 47.6 Å². The smallest absolute Gasteiger partial charge is 0.240 e. The lowest BCUT2D eigenvalue weighted by Gasteiger charge is -2.26. The molecule has 0 aliphatic carbocycles. The molecule has 0 spiro atoms. The monoisotopic (exact) mass is 349 g/mol. The molecule has 0 amide bonds. The van der Waals surface area contributed by atoms with Crippen LogP contribution in [-0.2, 0) is 22.9 Å². The minimum absolute atomic E-state index is 0.00962. The molecule has 1 saturated heterocycles. The van der Waals surface area contributed by atoms with Crippen molar-refractivity contribution in [3.63, 3.8) is 0 Å². The van der Waals surface area contributed by atoms with E-state index in [1.807, 2.05) is 44.2 Å². The quantitative estimate of drug-likeness (QED) is 0.797. The van der Waals surface area contributed by atoms with Crippen molar-refractivity contribution in [2.45, 2.75) is 45.3 Å². The molecule has 0 unspecified atom stereocenters. The SMILES string of the molecule is CC(C)c1noc(CN(Cc2ccccc2)[C@@H]2CCS(=O)(=O)C2)n1. The first-order valence-corrected chi connectivity index (χ1v) is 10.1. The summed E-state index contributed by atoms with van der Waals surface area (Å²) in [5.41, 5.74) is 1.14. The summed E-state index contributed by atoms with van der Waals surface area (Å²) in [4.78, 5) is 6.57. The fourth-order valence-electron chi connectivity index (χ4n) is 2.94. The van der Waals surface area contributed by atoms with Crippen molar-refractivity contribution in [2.24, 2.45) is 0 Å². The first kappa shape index (κ1) is 17.1. The molecule has 0 N–H and O–H groups in total. The molecular weight excluding hydrogens is 326 g/mol. The summed E-state index contributed by atoms with van der Waals surface area (Å²) in [5.74, 6) is 1.88.